The summed E-state index contributed by atoms with van der Waals surface area (Å²) in [5, 5.41) is 11.7. The standard InChI is InChI=1S/C21H17Cl2NO3/c1-11-2-4-12(5-3-11)19(25)17-18(15-9-6-13(22)10-16(15)23)24(14-7-8-14)21(27)20(17)26/h2-6,9-10,14,18,25H,7-8H2,1H3/t18-/m0/s1. The van der Waals surface area contributed by atoms with E-state index in [4.69, 9.17) is 23.2 Å². The molecule has 2 aliphatic rings. The molecule has 2 aromatic rings. The molecule has 1 aliphatic heterocycles. The van der Waals surface area contributed by atoms with E-state index in [0.717, 1.165) is 18.4 Å². The molecule has 6 heteroatoms. The highest BCUT2D eigenvalue weighted by Crippen LogP contribution is 2.47. The zero-order valence-corrected chi connectivity index (χ0v) is 16.1. The second-order valence-electron chi connectivity index (χ2n) is 6.97. The maximum Gasteiger partial charge on any atom is 0.295 e. The van der Waals surface area contributed by atoms with Crippen LogP contribution in [-0.2, 0) is 9.59 Å². The number of hydrogen-bond acceptors (Lipinski definition) is 3. The van der Waals surface area contributed by atoms with E-state index in [1.165, 1.54) is 0 Å². The number of carbonyl (C=O) groups excluding carboxylic acids is 2. The topological polar surface area (TPSA) is 57.6 Å². The third-order valence-corrected chi connectivity index (χ3v) is 5.56. The number of amides is 1. The Bertz CT molecular complexity index is 977. The quantitative estimate of drug-likeness (QED) is 0.452. The lowest BCUT2D eigenvalue weighted by atomic mass is 9.95. The Labute approximate surface area is 167 Å². The van der Waals surface area contributed by atoms with Gasteiger partial charge in [0, 0.05) is 21.7 Å². The van der Waals surface area contributed by atoms with Crippen molar-refractivity contribution in [1.29, 1.82) is 0 Å². The number of rotatable bonds is 3. The van der Waals surface area contributed by atoms with Crippen LogP contribution < -0.4 is 0 Å². The first-order valence-electron chi connectivity index (χ1n) is 8.70. The van der Waals surface area contributed by atoms with Crippen LogP contribution in [0.3, 0.4) is 0 Å². The van der Waals surface area contributed by atoms with Gasteiger partial charge in [0.15, 0.2) is 0 Å². The normalized spacial score (nSPS) is 21.7. The van der Waals surface area contributed by atoms with Crippen molar-refractivity contribution < 1.29 is 14.7 Å². The summed E-state index contributed by atoms with van der Waals surface area (Å²) in [7, 11) is 0. The Kier molecular flexibility index (Phi) is 4.49. The van der Waals surface area contributed by atoms with E-state index in [2.05, 4.69) is 0 Å². The van der Waals surface area contributed by atoms with Crippen LogP contribution in [0.25, 0.3) is 5.76 Å². The Balaban J connectivity index is 1.91. The van der Waals surface area contributed by atoms with Crippen LogP contribution in [0.5, 0.6) is 0 Å². The lowest BCUT2D eigenvalue weighted by Gasteiger charge is -2.26. The molecule has 0 aromatic heterocycles. The van der Waals surface area contributed by atoms with Gasteiger partial charge in [-0.2, -0.15) is 0 Å². The first-order valence-corrected chi connectivity index (χ1v) is 9.46. The fourth-order valence-electron chi connectivity index (χ4n) is 3.47. The molecule has 27 heavy (non-hydrogen) atoms. The molecule has 138 valence electrons. The number of aryl methyl sites for hydroxylation is 1. The average molecular weight is 402 g/mol. The number of aliphatic hydroxyl groups excluding tert-OH is 1. The van der Waals surface area contributed by atoms with E-state index in [9.17, 15) is 14.7 Å². The smallest absolute Gasteiger partial charge is 0.295 e. The predicted molar refractivity (Wildman–Crippen MR) is 105 cm³/mol. The van der Waals surface area contributed by atoms with E-state index in [-0.39, 0.29) is 17.4 Å². The van der Waals surface area contributed by atoms with E-state index in [1.807, 2.05) is 19.1 Å². The van der Waals surface area contributed by atoms with Crippen LogP contribution in [0.1, 0.15) is 35.6 Å². The molecule has 1 atom stereocenters. The van der Waals surface area contributed by atoms with Crippen LogP contribution in [0.4, 0.5) is 0 Å². The number of aliphatic hydroxyl groups is 1. The SMILES string of the molecule is Cc1ccc(C(O)=C2C(=O)C(=O)N(C3CC3)[C@H]2c2ccc(Cl)cc2Cl)cc1. The minimum absolute atomic E-state index is 0.0125. The highest BCUT2D eigenvalue weighted by atomic mass is 35.5. The molecule has 4 nitrogen and oxygen atoms in total. The Hall–Kier alpha value is -2.30. The highest BCUT2D eigenvalue weighted by Gasteiger charge is 2.51. The van der Waals surface area contributed by atoms with Crippen molar-refractivity contribution in [1.82, 2.24) is 4.90 Å². The molecular formula is C21H17Cl2NO3. The van der Waals surface area contributed by atoms with Crippen LogP contribution in [0, 0.1) is 6.92 Å². The summed E-state index contributed by atoms with van der Waals surface area (Å²) in [5.74, 6) is -1.47. The van der Waals surface area contributed by atoms with Crippen LogP contribution in [0.15, 0.2) is 48.0 Å². The van der Waals surface area contributed by atoms with E-state index in [1.54, 1.807) is 35.2 Å². The molecular weight excluding hydrogens is 385 g/mol. The first-order chi connectivity index (χ1) is 12.9. The van der Waals surface area contributed by atoms with Crippen LogP contribution >= 0.6 is 23.2 Å². The fraction of sp³-hybridized carbons (Fsp3) is 0.238. The van der Waals surface area contributed by atoms with E-state index < -0.39 is 17.7 Å². The van der Waals surface area contributed by atoms with Gasteiger partial charge in [0.1, 0.15) is 5.76 Å². The van der Waals surface area contributed by atoms with Gasteiger partial charge in [0.25, 0.3) is 11.7 Å². The largest absolute Gasteiger partial charge is 0.507 e. The molecule has 0 spiro atoms. The number of halogens is 2. The Morgan fingerprint density at radius 2 is 1.74 bits per heavy atom. The number of nitrogens with zero attached hydrogens (tertiary/aromatic N) is 1. The molecule has 1 heterocycles. The van der Waals surface area contributed by atoms with Gasteiger partial charge in [-0.05, 0) is 37.5 Å². The van der Waals surface area contributed by atoms with Gasteiger partial charge < -0.3 is 10.0 Å². The van der Waals surface area contributed by atoms with Gasteiger partial charge in [-0.3, -0.25) is 9.59 Å². The summed E-state index contributed by atoms with van der Waals surface area (Å²) in [4.78, 5) is 27.1. The van der Waals surface area contributed by atoms with Gasteiger partial charge in [-0.15, -0.1) is 0 Å². The number of benzene rings is 2. The van der Waals surface area contributed by atoms with Crippen molar-refractivity contribution in [3.05, 3.63) is 74.8 Å². The fourth-order valence-corrected chi connectivity index (χ4v) is 3.99. The lowest BCUT2D eigenvalue weighted by molar-refractivity contribution is -0.140. The van der Waals surface area contributed by atoms with E-state index >= 15 is 0 Å². The number of ketones is 1. The van der Waals surface area contributed by atoms with Gasteiger partial charge in [0.05, 0.1) is 11.6 Å². The van der Waals surface area contributed by atoms with Crippen molar-refractivity contribution in [3.63, 3.8) is 0 Å². The first kappa shape index (κ1) is 18.1. The van der Waals surface area contributed by atoms with Crippen molar-refractivity contribution in [2.24, 2.45) is 0 Å². The Morgan fingerprint density at radius 3 is 2.33 bits per heavy atom. The molecule has 4 rings (SSSR count). The zero-order valence-electron chi connectivity index (χ0n) is 14.6. The number of likely N-dealkylation sites (tertiary alicyclic amines) is 1. The summed E-state index contributed by atoms with van der Waals surface area (Å²) in [6, 6.07) is 11.4. The van der Waals surface area contributed by atoms with Gasteiger partial charge >= 0.3 is 0 Å². The summed E-state index contributed by atoms with van der Waals surface area (Å²) in [6.45, 7) is 1.93. The molecule has 1 saturated carbocycles. The molecule has 2 aromatic carbocycles. The van der Waals surface area contributed by atoms with Crippen molar-refractivity contribution in [2.45, 2.75) is 31.8 Å². The van der Waals surface area contributed by atoms with Crippen molar-refractivity contribution >= 4 is 40.7 Å². The minimum atomic E-state index is -0.719. The second-order valence-corrected chi connectivity index (χ2v) is 7.81. The van der Waals surface area contributed by atoms with Crippen molar-refractivity contribution in [2.75, 3.05) is 0 Å². The average Bonchev–Trinajstić information content (AvgIpc) is 3.43. The third-order valence-electron chi connectivity index (χ3n) is 5.00. The summed E-state index contributed by atoms with van der Waals surface area (Å²) < 4.78 is 0. The van der Waals surface area contributed by atoms with Gasteiger partial charge in [-0.1, -0.05) is 59.1 Å². The van der Waals surface area contributed by atoms with Crippen molar-refractivity contribution in [3.8, 4) is 0 Å². The van der Waals surface area contributed by atoms with Gasteiger partial charge in [0.2, 0.25) is 0 Å². The maximum atomic E-state index is 12.8. The monoisotopic (exact) mass is 401 g/mol. The van der Waals surface area contributed by atoms with Gasteiger partial charge in [-0.25, -0.2) is 0 Å². The third kappa shape index (κ3) is 3.13. The Morgan fingerprint density at radius 1 is 1.07 bits per heavy atom. The molecule has 0 unspecified atom stereocenters. The lowest BCUT2D eigenvalue weighted by Crippen LogP contribution is -2.31. The molecule has 0 bridgehead atoms. The summed E-state index contributed by atoms with van der Waals surface area (Å²) >= 11 is 12.4. The molecule has 1 amide bonds. The molecule has 1 aliphatic carbocycles. The molecule has 2 fully saturated rings. The summed E-state index contributed by atoms with van der Waals surface area (Å²) in [6.07, 6.45) is 1.67. The summed E-state index contributed by atoms with van der Waals surface area (Å²) in [5.41, 5.74) is 2.17. The molecule has 1 saturated heterocycles. The maximum absolute atomic E-state index is 12.8. The number of Topliss-reactive ketones (excluding diaryl/α,β-unsaturated/α-hetero) is 1. The van der Waals surface area contributed by atoms with Crippen LogP contribution in [0.2, 0.25) is 10.0 Å². The number of hydrogen-bond donors (Lipinski definition) is 1. The zero-order chi connectivity index (χ0) is 19.3. The highest BCUT2D eigenvalue weighted by molar-refractivity contribution is 6.47. The van der Waals surface area contributed by atoms with E-state index in [0.29, 0.717) is 21.2 Å². The van der Waals surface area contributed by atoms with Crippen LogP contribution in [-0.4, -0.2) is 27.7 Å². The minimum Gasteiger partial charge on any atom is -0.507 e. The second kappa shape index (κ2) is 6.70. The molecule has 1 N–H and O–H groups in total. The number of carbonyl (C=O) groups is 2. The predicted octanol–water partition coefficient (Wildman–Crippen LogP) is 4.89. The molecule has 0 radical (unpaired) electrons.